The average Bonchev–Trinajstić information content (AvgIpc) is 3.79. The zero-order chi connectivity index (χ0) is 34.6. The third-order valence-corrected chi connectivity index (χ3v) is 9.89. The molecule has 0 radical (unpaired) electrons. The number of hydrogen-bond donors (Lipinski definition) is 0. The van der Waals surface area contributed by atoms with Gasteiger partial charge in [-0.2, -0.15) is 5.26 Å². The first-order valence-electron chi connectivity index (χ1n) is 17.3. The molecule has 0 fully saturated rings. The van der Waals surface area contributed by atoms with Crippen LogP contribution >= 0.6 is 0 Å². The number of rotatable bonds is 5. The van der Waals surface area contributed by atoms with E-state index < -0.39 is 0 Å². The summed E-state index contributed by atoms with van der Waals surface area (Å²) in [5, 5.41) is 13.1. The van der Waals surface area contributed by atoms with E-state index >= 15 is 0 Å². The summed E-state index contributed by atoms with van der Waals surface area (Å²) in [6, 6.07) is 48.8. The Hall–Kier alpha value is -7.10. The van der Waals surface area contributed by atoms with Crippen LogP contribution in [0.4, 0.5) is 0 Å². The summed E-state index contributed by atoms with van der Waals surface area (Å²) in [6.45, 7) is 0. The maximum atomic E-state index is 10.2. The fourth-order valence-electron chi connectivity index (χ4n) is 7.44. The molecule has 0 saturated carbocycles. The highest BCUT2D eigenvalue weighted by atomic mass is 16.3. The average molecular weight is 669 g/mol. The molecule has 1 aliphatic rings. The summed E-state index contributed by atoms with van der Waals surface area (Å²) in [7, 11) is 0. The molecule has 0 saturated heterocycles. The van der Waals surface area contributed by atoms with Crippen LogP contribution in [0.5, 0.6) is 0 Å². The van der Waals surface area contributed by atoms with E-state index in [1.165, 1.54) is 0 Å². The van der Waals surface area contributed by atoms with Crippen molar-refractivity contribution in [3.8, 4) is 51.4 Å². The van der Waals surface area contributed by atoms with Crippen LogP contribution in [0, 0.1) is 11.3 Å². The van der Waals surface area contributed by atoms with Crippen molar-refractivity contribution in [2.45, 2.75) is 12.3 Å². The Kier molecular flexibility index (Phi) is 6.90. The summed E-state index contributed by atoms with van der Waals surface area (Å²) in [5.41, 5.74) is 9.72. The van der Waals surface area contributed by atoms with Crippen LogP contribution in [0.3, 0.4) is 0 Å². The first-order valence-corrected chi connectivity index (χ1v) is 17.3. The van der Waals surface area contributed by atoms with Gasteiger partial charge in [0.1, 0.15) is 22.5 Å². The SMILES string of the molecule is N#Cc1cc(-c2ccc3oc4cccc(-c5nc(-c6ccccc6)nc(-c6ccccc6)n5)c4c3c2)cc(C2CC=Cc3c2oc2ccccc32)c1. The van der Waals surface area contributed by atoms with Gasteiger partial charge in [0.15, 0.2) is 17.5 Å². The van der Waals surface area contributed by atoms with E-state index in [4.69, 9.17) is 23.8 Å². The van der Waals surface area contributed by atoms with Crippen molar-refractivity contribution >= 4 is 39.0 Å². The van der Waals surface area contributed by atoms with Gasteiger partial charge in [-0.3, -0.25) is 0 Å². The number of hydrogen-bond acceptors (Lipinski definition) is 6. The van der Waals surface area contributed by atoms with E-state index in [1.54, 1.807) is 0 Å². The van der Waals surface area contributed by atoms with Crippen molar-refractivity contribution in [1.29, 1.82) is 5.26 Å². The Bertz CT molecular complexity index is 2840. The predicted molar refractivity (Wildman–Crippen MR) is 205 cm³/mol. The molecular weight excluding hydrogens is 641 g/mol. The lowest BCUT2D eigenvalue weighted by Gasteiger charge is -2.19. The Morgan fingerprint density at radius 2 is 1.25 bits per heavy atom. The van der Waals surface area contributed by atoms with E-state index in [0.29, 0.717) is 23.0 Å². The molecule has 9 aromatic rings. The van der Waals surface area contributed by atoms with Gasteiger partial charge in [0.25, 0.3) is 0 Å². The quantitative estimate of drug-likeness (QED) is 0.181. The molecule has 3 heterocycles. The van der Waals surface area contributed by atoms with Gasteiger partial charge >= 0.3 is 0 Å². The van der Waals surface area contributed by atoms with Gasteiger partial charge in [0.05, 0.1) is 11.6 Å². The van der Waals surface area contributed by atoms with E-state index in [9.17, 15) is 5.26 Å². The summed E-state index contributed by atoms with van der Waals surface area (Å²) in [5.74, 6) is 2.69. The van der Waals surface area contributed by atoms with Crippen molar-refractivity contribution in [3.05, 3.63) is 168 Å². The fraction of sp³-hybridized carbons (Fsp3) is 0.0435. The number of nitriles is 1. The topological polar surface area (TPSA) is 88.7 Å². The monoisotopic (exact) mass is 668 g/mol. The van der Waals surface area contributed by atoms with Crippen LogP contribution in [0.2, 0.25) is 0 Å². The standard InChI is InChI=1S/C46H28N4O2/c47-27-28-23-32(25-33(24-28)34-16-9-17-36-35-15-7-8-19-39(35)52-43(34)36)31-21-22-40-38(26-31)42-37(18-10-20-41(42)51-40)46-49-44(29-11-3-1-4-12-29)48-45(50-46)30-13-5-2-6-14-30/h1-15,17-26,34H,16H2. The lowest BCUT2D eigenvalue weighted by Crippen LogP contribution is -2.04. The van der Waals surface area contributed by atoms with Crippen LogP contribution in [0.25, 0.3) is 84.3 Å². The summed E-state index contributed by atoms with van der Waals surface area (Å²) >= 11 is 0. The zero-order valence-corrected chi connectivity index (χ0v) is 27.8. The van der Waals surface area contributed by atoms with Gasteiger partial charge in [-0.15, -0.1) is 0 Å². The number of fused-ring (bicyclic) bond motifs is 6. The van der Waals surface area contributed by atoms with Crippen molar-refractivity contribution in [2.24, 2.45) is 0 Å². The summed E-state index contributed by atoms with van der Waals surface area (Å²) < 4.78 is 12.9. The second-order valence-corrected chi connectivity index (χ2v) is 13.1. The molecule has 0 bridgehead atoms. The molecule has 10 rings (SSSR count). The van der Waals surface area contributed by atoms with Crippen molar-refractivity contribution in [1.82, 2.24) is 15.0 Å². The van der Waals surface area contributed by atoms with E-state index in [0.717, 1.165) is 84.0 Å². The van der Waals surface area contributed by atoms with Crippen LogP contribution in [-0.2, 0) is 0 Å². The lowest BCUT2D eigenvalue weighted by atomic mass is 9.84. The molecule has 0 aliphatic heterocycles. The Morgan fingerprint density at radius 3 is 2.02 bits per heavy atom. The van der Waals surface area contributed by atoms with Gasteiger partial charge in [-0.1, -0.05) is 115 Å². The molecule has 0 N–H and O–H groups in total. The first kappa shape index (κ1) is 29.8. The minimum Gasteiger partial charge on any atom is -0.460 e. The van der Waals surface area contributed by atoms with Crippen LogP contribution < -0.4 is 0 Å². The Balaban J connectivity index is 1.13. The number of aromatic nitrogens is 3. The lowest BCUT2D eigenvalue weighted by molar-refractivity contribution is 0.517. The molecule has 6 nitrogen and oxygen atoms in total. The third kappa shape index (κ3) is 4.99. The van der Waals surface area contributed by atoms with Crippen molar-refractivity contribution in [3.63, 3.8) is 0 Å². The highest BCUT2D eigenvalue weighted by Crippen LogP contribution is 2.43. The number of nitrogens with zero attached hydrogens (tertiary/aromatic N) is 4. The molecule has 1 aliphatic carbocycles. The molecular formula is C46H28N4O2. The molecule has 0 amide bonds. The molecule has 1 atom stereocenters. The van der Waals surface area contributed by atoms with Crippen LogP contribution in [0.15, 0.2) is 154 Å². The molecule has 52 heavy (non-hydrogen) atoms. The second kappa shape index (κ2) is 12.0. The minimum atomic E-state index is -0.00833. The van der Waals surface area contributed by atoms with Crippen molar-refractivity contribution in [2.75, 3.05) is 0 Å². The van der Waals surface area contributed by atoms with E-state index in [-0.39, 0.29) is 5.92 Å². The normalized spacial score (nSPS) is 13.8. The third-order valence-electron chi connectivity index (χ3n) is 9.89. The molecule has 6 heteroatoms. The highest BCUT2D eigenvalue weighted by molar-refractivity contribution is 6.12. The van der Waals surface area contributed by atoms with Gasteiger partial charge in [-0.25, -0.2) is 15.0 Å². The number of furan rings is 2. The fourth-order valence-corrected chi connectivity index (χ4v) is 7.44. The molecule has 6 aromatic carbocycles. The zero-order valence-electron chi connectivity index (χ0n) is 27.8. The largest absolute Gasteiger partial charge is 0.460 e. The molecule has 3 aromatic heterocycles. The Labute approximate surface area is 299 Å². The van der Waals surface area contributed by atoms with E-state index in [1.807, 2.05) is 115 Å². The smallest absolute Gasteiger partial charge is 0.164 e. The number of benzene rings is 6. The molecule has 0 spiro atoms. The van der Waals surface area contributed by atoms with Gasteiger partial charge in [0, 0.05) is 44.3 Å². The van der Waals surface area contributed by atoms with E-state index in [2.05, 4.69) is 42.5 Å². The molecule has 1 unspecified atom stereocenters. The second-order valence-electron chi connectivity index (χ2n) is 13.1. The van der Waals surface area contributed by atoms with Crippen LogP contribution in [0.1, 0.15) is 34.8 Å². The number of para-hydroxylation sites is 1. The van der Waals surface area contributed by atoms with Crippen molar-refractivity contribution < 1.29 is 8.83 Å². The highest BCUT2D eigenvalue weighted by Gasteiger charge is 2.26. The maximum Gasteiger partial charge on any atom is 0.164 e. The van der Waals surface area contributed by atoms with Gasteiger partial charge < -0.3 is 8.83 Å². The first-order chi connectivity index (χ1) is 25.7. The predicted octanol–water partition coefficient (Wildman–Crippen LogP) is 11.6. The Morgan fingerprint density at radius 1 is 0.558 bits per heavy atom. The van der Waals surface area contributed by atoms with Gasteiger partial charge in [-0.05, 0) is 59.5 Å². The summed E-state index contributed by atoms with van der Waals surface area (Å²) in [6.07, 6.45) is 5.14. The number of allylic oxidation sites excluding steroid dienone is 1. The van der Waals surface area contributed by atoms with Gasteiger partial charge in [0.2, 0.25) is 0 Å². The minimum absolute atomic E-state index is 0.00833. The summed E-state index contributed by atoms with van der Waals surface area (Å²) in [4.78, 5) is 14.9. The molecule has 244 valence electrons. The van der Waals surface area contributed by atoms with Crippen LogP contribution in [-0.4, -0.2) is 15.0 Å². The maximum absolute atomic E-state index is 10.2.